The van der Waals surface area contributed by atoms with Gasteiger partial charge in [-0.15, -0.1) is 0 Å². The average Bonchev–Trinajstić information content (AvgIpc) is 2.67. The topological polar surface area (TPSA) is 80.9 Å². The van der Waals surface area contributed by atoms with Gasteiger partial charge in [0.15, 0.2) is 0 Å². The van der Waals surface area contributed by atoms with Crippen molar-refractivity contribution >= 4 is 0 Å². The first kappa shape index (κ1) is 27.0. The molecule has 0 radical (unpaired) electrons. The maximum Gasteiger partial charge on any atom is 0.144 e. The summed E-state index contributed by atoms with van der Waals surface area (Å²) in [6, 6.07) is 0. The molecule has 0 heterocycles. The van der Waals surface area contributed by atoms with Crippen molar-refractivity contribution in [1.29, 1.82) is 0 Å². The van der Waals surface area contributed by atoms with Gasteiger partial charge in [-0.1, -0.05) is 103 Å². The molecule has 0 rings (SSSR count). The van der Waals surface area contributed by atoms with Crippen LogP contribution in [0.2, 0.25) is 0 Å². The summed E-state index contributed by atoms with van der Waals surface area (Å²) in [6.07, 6.45) is 11.9. The summed E-state index contributed by atoms with van der Waals surface area (Å²) < 4.78 is 0. The third-order valence-corrected chi connectivity index (χ3v) is 4.95. The number of rotatable bonds is 16. The molecule has 0 amide bonds. The van der Waals surface area contributed by atoms with E-state index in [9.17, 15) is 15.3 Å². The Kier molecular flexibility index (Phi) is 18.6. The lowest BCUT2D eigenvalue weighted by Crippen LogP contribution is -2.36. The van der Waals surface area contributed by atoms with E-state index in [2.05, 4.69) is 37.5 Å². The van der Waals surface area contributed by atoms with Gasteiger partial charge in [-0.05, 0) is 24.2 Å². The highest BCUT2D eigenvalue weighted by Gasteiger charge is 2.22. The van der Waals surface area contributed by atoms with Crippen LogP contribution in [0.25, 0.3) is 0 Å². The highest BCUT2D eigenvalue weighted by Crippen LogP contribution is 2.15. The Morgan fingerprint density at radius 1 is 0.643 bits per heavy atom. The Hall–Kier alpha value is -1.04. The van der Waals surface area contributed by atoms with Crippen molar-refractivity contribution in [3.63, 3.8) is 0 Å². The van der Waals surface area contributed by atoms with Crippen LogP contribution in [0, 0.1) is 29.6 Å². The van der Waals surface area contributed by atoms with Crippen LogP contribution in [0.15, 0.2) is 0 Å². The van der Waals surface area contributed by atoms with Gasteiger partial charge in [0, 0.05) is 0 Å². The van der Waals surface area contributed by atoms with Crippen LogP contribution in [0.3, 0.4) is 0 Å². The Labute approximate surface area is 172 Å². The molecule has 0 saturated carbocycles. The number of hydrogen-bond acceptors (Lipinski definition) is 4. The van der Waals surface area contributed by atoms with Crippen LogP contribution >= 0.6 is 0 Å². The summed E-state index contributed by atoms with van der Waals surface area (Å²) in [5.41, 5.74) is 0. The smallest absolute Gasteiger partial charge is 0.144 e. The van der Waals surface area contributed by atoms with Crippen molar-refractivity contribution in [1.82, 2.24) is 0 Å². The molecule has 0 saturated heterocycles. The van der Waals surface area contributed by atoms with Gasteiger partial charge >= 0.3 is 0 Å². The van der Waals surface area contributed by atoms with Crippen molar-refractivity contribution in [2.75, 3.05) is 6.61 Å². The highest BCUT2D eigenvalue weighted by atomic mass is 16.4. The van der Waals surface area contributed by atoms with E-state index < -0.39 is 18.3 Å². The number of hydrogen-bond donors (Lipinski definition) is 4. The van der Waals surface area contributed by atoms with Gasteiger partial charge < -0.3 is 20.4 Å². The predicted octanol–water partition coefficient (Wildman–Crippen LogP) is 3.80. The number of aliphatic hydroxyl groups is 4. The fraction of sp³-hybridized carbons (Fsp3) is 0.833. The standard InChI is InChI=1S/C24H42O4/c1-21(2)17-13-10-8-6-4-3-5-7-9-11-14-18-22(26)24(28)23(27)19-15-12-16-20-25/h21-28H,3-11,13-14,17-18,20H2,1-2H3. The summed E-state index contributed by atoms with van der Waals surface area (Å²) in [5.74, 6) is 10.2. The summed E-state index contributed by atoms with van der Waals surface area (Å²) >= 11 is 0. The first-order valence-corrected chi connectivity index (χ1v) is 11.1. The van der Waals surface area contributed by atoms with E-state index in [4.69, 9.17) is 5.11 Å². The molecule has 0 aliphatic heterocycles. The van der Waals surface area contributed by atoms with E-state index in [1.54, 1.807) is 0 Å². The zero-order valence-corrected chi connectivity index (χ0v) is 18.0. The Bertz CT molecular complexity index is 466. The SMILES string of the molecule is CC(C)CCCCCCCCCCCCCC(O)C(O)C(O)C#CC#CCO. The first-order valence-electron chi connectivity index (χ1n) is 11.1. The molecular formula is C24H42O4. The molecule has 0 aliphatic rings. The van der Waals surface area contributed by atoms with Crippen LogP contribution in [0.5, 0.6) is 0 Å². The van der Waals surface area contributed by atoms with E-state index in [0.717, 1.165) is 25.2 Å². The Morgan fingerprint density at radius 2 is 1.11 bits per heavy atom. The van der Waals surface area contributed by atoms with E-state index in [1.807, 2.05) is 0 Å². The first-order chi connectivity index (χ1) is 13.5. The van der Waals surface area contributed by atoms with E-state index in [-0.39, 0.29) is 6.61 Å². The zero-order chi connectivity index (χ0) is 21.0. The molecule has 0 spiro atoms. The minimum Gasteiger partial charge on any atom is -0.390 e. The van der Waals surface area contributed by atoms with Crippen LogP contribution < -0.4 is 0 Å². The van der Waals surface area contributed by atoms with Gasteiger partial charge in [0.1, 0.15) is 18.8 Å². The zero-order valence-electron chi connectivity index (χ0n) is 18.0. The fourth-order valence-electron chi connectivity index (χ4n) is 3.16. The number of aliphatic hydroxyl groups excluding tert-OH is 4. The molecule has 3 atom stereocenters. The molecule has 3 unspecified atom stereocenters. The monoisotopic (exact) mass is 394 g/mol. The quantitative estimate of drug-likeness (QED) is 0.237. The minimum atomic E-state index is -1.33. The lowest BCUT2D eigenvalue weighted by atomic mass is 10.0. The van der Waals surface area contributed by atoms with Crippen LogP contribution in [-0.2, 0) is 0 Å². The second kappa shape index (κ2) is 19.3. The van der Waals surface area contributed by atoms with E-state index >= 15 is 0 Å². The van der Waals surface area contributed by atoms with Crippen molar-refractivity contribution in [3.05, 3.63) is 0 Å². The second-order valence-electron chi connectivity index (χ2n) is 8.09. The van der Waals surface area contributed by atoms with Crippen molar-refractivity contribution in [3.8, 4) is 23.7 Å². The molecule has 28 heavy (non-hydrogen) atoms. The Balaban J connectivity index is 3.53. The maximum absolute atomic E-state index is 9.93. The highest BCUT2D eigenvalue weighted by molar-refractivity contribution is 5.27. The van der Waals surface area contributed by atoms with Gasteiger partial charge in [0.25, 0.3) is 0 Å². The molecule has 4 N–H and O–H groups in total. The van der Waals surface area contributed by atoms with E-state index in [1.165, 1.54) is 57.8 Å². The van der Waals surface area contributed by atoms with Crippen LogP contribution in [-0.4, -0.2) is 45.3 Å². The van der Waals surface area contributed by atoms with Gasteiger partial charge in [-0.2, -0.15) is 0 Å². The van der Waals surface area contributed by atoms with E-state index in [0.29, 0.717) is 6.42 Å². The van der Waals surface area contributed by atoms with Gasteiger partial charge in [0.05, 0.1) is 6.10 Å². The summed E-state index contributed by atoms with van der Waals surface area (Å²) in [5, 5.41) is 38.0. The third-order valence-electron chi connectivity index (χ3n) is 4.95. The van der Waals surface area contributed by atoms with Crippen molar-refractivity contribution in [2.45, 2.75) is 116 Å². The summed E-state index contributed by atoms with van der Waals surface area (Å²) in [7, 11) is 0. The average molecular weight is 395 g/mol. The van der Waals surface area contributed by atoms with Crippen molar-refractivity contribution in [2.24, 2.45) is 5.92 Å². The molecule has 0 aromatic rings. The van der Waals surface area contributed by atoms with Crippen LogP contribution in [0.4, 0.5) is 0 Å². The third kappa shape index (κ3) is 17.1. The normalized spacial score (nSPS) is 14.0. The van der Waals surface area contributed by atoms with Crippen LogP contribution in [0.1, 0.15) is 97.3 Å². The summed E-state index contributed by atoms with van der Waals surface area (Å²) in [4.78, 5) is 0. The molecule has 4 heteroatoms. The molecule has 0 aliphatic carbocycles. The molecule has 0 aromatic heterocycles. The maximum atomic E-state index is 9.93. The van der Waals surface area contributed by atoms with Crippen molar-refractivity contribution < 1.29 is 20.4 Å². The molecule has 162 valence electrons. The second-order valence-corrected chi connectivity index (χ2v) is 8.09. The van der Waals surface area contributed by atoms with Gasteiger partial charge in [-0.3, -0.25) is 0 Å². The molecule has 0 aromatic carbocycles. The molecule has 0 bridgehead atoms. The number of unbranched alkanes of at least 4 members (excludes halogenated alkanes) is 10. The lowest BCUT2D eigenvalue weighted by molar-refractivity contribution is -0.0415. The lowest BCUT2D eigenvalue weighted by Gasteiger charge is -2.19. The molecular weight excluding hydrogens is 352 g/mol. The molecule has 0 fully saturated rings. The Morgan fingerprint density at radius 3 is 1.57 bits per heavy atom. The van der Waals surface area contributed by atoms with Gasteiger partial charge in [-0.25, -0.2) is 0 Å². The molecule has 4 nitrogen and oxygen atoms in total. The predicted molar refractivity (Wildman–Crippen MR) is 116 cm³/mol. The minimum absolute atomic E-state index is 0.297. The van der Waals surface area contributed by atoms with Gasteiger partial charge in [0.2, 0.25) is 0 Å². The largest absolute Gasteiger partial charge is 0.390 e. The fourth-order valence-corrected chi connectivity index (χ4v) is 3.16. The summed E-state index contributed by atoms with van der Waals surface area (Å²) in [6.45, 7) is 4.28.